The standard InChI is InChI=1S/C13H13NO3S/c1-9-2-4-10(5-3-9)17-8-12-14-7-11(18-12)6-13(15)16/h2-5,7H,6,8H2,1H3,(H,15,16). The molecule has 1 N–H and O–H groups in total. The average Bonchev–Trinajstić information content (AvgIpc) is 2.75. The van der Waals surface area contributed by atoms with Gasteiger partial charge >= 0.3 is 5.97 Å². The van der Waals surface area contributed by atoms with Crippen molar-refractivity contribution in [2.24, 2.45) is 0 Å². The van der Waals surface area contributed by atoms with Crippen LogP contribution in [0.1, 0.15) is 15.4 Å². The number of benzene rings is 1. The Bertz CT molecular complexity index is 533. The Morgan fingerprint density at radius 1 is 1.39 bits per heavy atom. The van der Waals surface area contributed by atoms with Crippen LogP contribution in [0.25, 0.3) is 0 Å². The van der Waals surface area contributed by atoms with Crippen molar-refractivity contribution in [3.8, 4) is 5.75 Å². The Kier molecular flexibility index (Phi) is 3.94. The van der Waals surface area contributed by atoms with Crippen molar-refractivity contribution in [1.82, 2.24) is 4.98 Å². The number of aliphatic carboxylic acids is 1. The van der Waals surface area contributed by atoms with Crippen molar-refractivity contribution in [3.05, 3.63) is 45.9 Å². The summed E-state index contributed by atoms with van der Waals surface area (Å²) >= 11 is 1.37. The predicted molar refractivity (Wildman–Crippen MR) is 69.0 cm³/mol. The third-order valence-electron chi connectivity index (χ3n) is 2.31. The minimum atomic E-state index is -0.843. The normalized spacial score (nSPS) is 10.3. The maximum atomic E-state index is 10.5. The summed E-state index contributed by atoms with van der Waals surface area (Å²) in [5, 5.41) is 9.44. The lowest BCUT2D eigenvalue weighted by Gasteiger charge is -2.03. The van der Waals surface area contributed by atoms with Gasteiger partial charge in [0, 0.05) is 11.1 Å². The number of carbonyl (C=O) groups is 1. The van der Waals surface area contributed by atoms with E-state index in [1.165, 1.54) is 16.9 Å². The quantitative estimate of drug-likeness (QED) is 0.901. The highest BCUT2D eigenvalue weighted by Gasteiger charge is 2.06. The van der Waals surface area contributed by atoms with Crippen LogP contribution in [0.4, 0.5) is 0 Å². The highest BCUT2D eigenvalue weighted by Crippen LogP contribution is 2.17. The molecule has 0 saturated heterocycles. The van der Waals surface area contributed by atoms with Crippen LogP contribution in [0.5, 0.6) is 5.75 Å². The van der Waals surface area contributed by atoms with Gasteiger partial charge in [-0.05, 0) is 19.1 Å². The van der Waals surface area contributed by atoms with E-state index in [9.17, 15) is 4.79 Å². The lowest BCUT2D eigenvalue weighted by atomic mass is 10.2. The Morgan fingerprint density at radius 2 is 2.11 bits per heavy atom. The molecule has 0 radical (unpaired) electrons. The van der Waals surface area contributed by atoms with Crippen LogP contribution in [0.2, 0.25) is 0 Å². The Hall–Kier alpha value is -1.88. The fourth-order valence-electron chi connectivity index (χ4n) is 1.43. The molecular formula is C13H13NO3S. The first-order chi connectivity index (χ1) is 8.63. The maximum Gasteiger partial charge on any atom is 0.308 e. The zero-order chi connectivity index (χ0) is 13.0. The van der Waals surface area contributed by atoms with Crippen LogP contribution in [0.3, 0.4) is 0 Å². The largest absolute Gasteiger partial charge is 0.486 e. The molecular weight excluding hydrogens is 250 g/mol. The zero-order valence-electron chi connectivity index (χ0n) is 9.92. The molecule has 4 nitrogen and oxygen atoms in total. The SMILES string of the molecule is Cc1ccc(OCc2ncc(CC(=O)O)s2)cc1. The van der Waals surface area contributed by atoms with Gasteiger partial charge < -0.3 is 9.84 Å². The van der Waals surface area contributed by atoms with Gasteiger partial charge in [0.25, 0.3) is 0 Å². The number of ether oxygens (including phenoxy) is 1. The molecule has 1 aromatic carbocycles. The van der Waals surface area contributed by atoms with Crippen molar-refractivity contribution in [1.29, 1.82) is 0 Å². The number of nitrogens with zero attached hydrogens (tertiary/aromatic N) is 1. The fraction of sp³-hybridized carbons (Fsp3) is 0.231. The number of carboxylic acids is 1. The van der Waals surface area contributed by atoms with Gasteiger partial charge in [-0.2, -0.15) is 0 Å². The predicted octanol–water partition coefficient (Wildman–Crippen LogP) is 2.66. The first-order valence-corrected chi connectivity index (χ1v) is 6.30. The fourth-order valence-corrected chi connectivity index (χ4v) is 2.25. The highest BCUT2D eigenvalue weighted by molar-refractivity contribution is 7.11. The van der Waals surface area contributed by atoms with Gasteiger partial charge in [0.1, 0.15) is 17.4 Å². The second-order valence-corrected chi connectivity index (χ2v) is 5.09. The Labute approximate surface area is 109 Å². The van der Waals surface area contributed by atoms with Crippen LogP contribution in [0.15, 0.2) is 30.5 Å². The molecule has 1 heterocycles. The molecule has 2 aromatic rings. The van der Waals surface area contributed by atoms with Gasteiger partial charge in [-0.3, -0.25) is 4.79 Å². The molecule has 0 aliphatic carbocycles. The number of rotatable bonds is 5. The van der Waals surface area contributed by atoms with E-state index >= 15 is 0 Å². The van der Waals surface area contributed by atoms with E-state index in [0.717, 1.165) is 15.6 Å². The summed E-state index contributed by atoms with van der Waals surface area (Å²) in [5.74, 6) is -0.0553. The molecule has 0 atom stereocenters. The van der Waals surface area contributed by atoms with Gasteiger partial charge in [-0.25, -0.2) is 4.98 Å². The van der Waals surface area contributed by atoms with Gasteiger partial charge in [-0.15, -0.1) is 11.3 Å². The molecule has 0 amide bonds. The number of hydrogen-bond acceptors (Lipinski definition) is 4. The van der Waals surface area contributed by atoms with Gasteiger partial charge in [0.05, 0.1) is 6.42 Å². The second-order valence-electron chi connectivity index (χ2n) is 3.89. The number of aryl methyl sites for hydroxylation is 1. The Balaban J connectivity index is 1.92. The van der Waals surface area contributed by atoms with Crippen molar-refractivity contribution >= 4 is 17.3 Å². The molecule has 5 heteroatoms. The molecule has 18 heavy (non-hydrogen) atoms. The highest BCUT2D eigenvalue weighted by atomic mass is 32.1. The number of carboxylic acid groups (broad SMARTS) is 1. The van der Waals surface area contributed by atoms with Crippen molar-refractivity contribution in [2.45, 2.75) is 20.0 Å². The van der Waals surface area contributed by atoms with Gasteiger partial charge in [-0.1, -0.05) is 17.7 Å². The minimum Gasteiger partial charge on any atom is -0.486 e. The van der Waals surface area contributed by atoms with E-state index in [4.69, 9.17) is 9.84 Å². The van der Waals surface area contributed by atoms with E-state index < -0.39 is 5.97 Å². The molecule has 0 unspecified atom stereocenters. The molecule has 1 aromatic heterocycles. The number of hydrogen-bond donors (Lipinski definition) is 1. The van der Waals surface area contributed by atoms with Crippen LogP contribution < -0.4 is 4.74 Å². The average molecular weight is 263 g/mol. The van der Waals surface area contributed by atoms with Gasteiger partial charge in [0.15, 0.2) is 0 Å². The third kappa shape index (κ3) is 3.56. The summed E-state index contributed by atoms with van der Waals surface area (Å²) in [6.45, 7) is 2.39. The molecule has 0 saturated carbocycles. The molecule has 0 aliphatic heterocycles. The van der Waals surface area contributed by atoms with Crippen molar-refractivity contribution in [3.63, 3.8) is 0 Å². The summed E-state index contributed by atoms with van der Waals surface area (Å²) in [4.78, 5) is 15.4. The molecule has 0 spiro atoms. The van der Waals surface area contributed by atoms with E-state index in [2.05, 4.69) is 4.98 Å². The summed E-state index contributed by atoms with van der Waals surface area (Å²) < 4.78 is 5.57. The molecule has 0 fully saturated rings. The molecule has 0 aliphatic rings. The zero-order valence-corrected chi connectivity index (χ0v) is 10.7. The van der Waals surface area contributed by atoms with Crippen LogP contribution >= 0.6 is 11.3 Å². The third-order valence-corrected chi connectivity index (χ3v) is 3.28. The van der Waals surface area contributed by atoms with Crippen LogP contribution in [0, 0.1) is 6.92 Å². The first kappa shape index (κ1) is 12.6. The van der Waals surface area contributed by atoms with Crippen molar-refractivity contribution in [2.75, 3.05) is 0 Å². The molecule has 0 bridgehead atoms. The molecule has 94 valence electrons. The first-order valence-electron chi connectivity index (χ1n) is 5.48. The summed E-state index contributed by atoms with van der Waals surface area (Å²) in [6, 6.07) is 7.77. The molecule has 2 rings (SSSR count). The maximum absolute atomic E-state index is 10.5. The summed E-state index contributed by atoms with van der Waals surface area (Å²) in [5.41, 5.74) is 1.18. The van der Waals surface area contributed by atoms with Crippen molar-refractivity contribution < 1.29 is 14.6 Å². The lowest BCUT2D eigenvalue weighted by molar-refractivity contribution is -0.136. The van der Waals surface area contributed by atoms with E-state index in [0.29, 0.717) is 6.61 Å². The smallest absolute Gasteiger partial charge is 0.308 e. The lowest BCUT2D eigenvalue weighted by Crippen LogP contribution is -1.97. The van der Waals surface area contributed by atoms with E-state index in [1.807, 2.05) is 31.2 Å². The van der Waals surface area contributed by atoms with Gasteiger partial charge in [0.2, 0.25) is 0 Å². The monoisotopic (exact) mass is 263 g/mol. The van der Waals surface area contributed by atoms with Crippen LogP contribution in [-0.2, 0) is 17.8 Å². The van der Waals surface area contributed by atoms with Crippen LogP contribution in [-0.4, -0.2) is 16.1 Å². The van der Waals surface area contributed by atoms with E-state index in [1.54, 1.807) is 6.20 Å². The topological polar surface area (TPSA) is 59.4 Å². The number of aromatic nitrogens is 1. The second kappa shape index (κ2) is 5.64. The Morgan fingerprint density at radius 3 is 2.78 bits per heavy atom. The van der Waals surface area contributed by atoms with E-state index in [-0.39, 0.29) is 6.42 Å². The minimum absolute atomic E-state index is 0.0161. The number of thiazole rings is 1. The summed E-state index contributed by atoms with van der Waals surface area (Å²) in [7, 11) is 0. The summed E-state index contributed by atoms with van der Waals surface area (Å²) in [6.07, 6.45) is 1.61.